The lowest BCUT2D eigenvalue weighted by Crippen LogP contribution is -2.14. The minimum atomic E-state index is -0.329. The number of aliphatic hydroxyl groups is 1. The Hall–Kier alpha value is -1.91. The summed E-state index contributed by atoms with van der Waals surface area (Å²) in [6, 6.07) is 4.97. The molecule has 6 nitrogen and oxygen atoms in total. The Morgan fingerprint density at radius 2 is 2.24 bits per heavy atom. The maximum atomic E-state index is 14.2. The fraction of sp³-hybridized carbons (Fsp3) is 0.235. The van der Waals surface area contributed by atoms with Crippen LogP contribution in [0.1, 0.15) is 21.6 Å². The number of aromatic nitrogens is 3. The first-order valence-corrected chi connectivity index (χ1v) is 8.65. The number of halogens is 2. The summed E-state index contributed by atoms with van der Waals surface area (Å²) in [5.74, 6) is -0.650. The van der Waals surface area contributed by atoms with Crippen molar-refractivity contribution >= 4 is 33.9 Å². The fourth-order valence-corrected chi connectivity index (χ4v) is 2.95. The Balaban J connectivity index is 1.99. The van der Waals surface area contributed by atoms with Crippen LogP contribution < -0.4 is 0 Å². The van der Waals surface area contributed by atoms with E-state index in [1.807, 2.05) is 28.7 Å². The van der Waals surface area contributed by atoms with Gasteiger partial charge in [0.2, 0.25) is 5.78 Å². The Morgan fingerprint density at radius 3 is 3.00 bits per heavy atom. The van der Waals surface area contributed by atoms with Crippen LogP contribution in [-0.2, 0) is 11.2 Å². The van der Waals surface area contributed by atoms with Crippen molar-refractivity contribution in [1.29, 1.82) is 0 Å². The number of ketones is 1. The highest BCUT2D eigenvalue weighted by molar-refractivity contribution is 14.1. The molecule has 0 amide bonds. The lowest BCUT2D eigenvalue weighted by atomic mass is 10.0. The topological polar surface area (TPSA) is 76.7 Å². The second kappa shape index (κ2) is 7.98. The molecule has 0 atom stereocenters. The van der Waals surface area contributed by atoms with Crippen LogP contribution in [0.2, 0.25) is 0 Å². The number of ether oxygens (including phenoxy) is 1. The summed E-state index contributed by atoms with van der Waals surface area (Å²) in [6.45, 7) is -0.287. The second-order valence-electron chi connectivity index (χ2n) is 5.35. The van der Waals surface area contributed by atoms with Crippen LogP contribution in [0.4, 0.5) is 4.39 Å². The molecule has 0 radical (unpaired) electrons. The van der Waals surface area contributed by atoms with Gasteiger partial charge in [0.25, 0.3) is 0 Å². The van der Waals surface area contributed by atoms with E-state index in [0.29, 0.717) is 16.6 Å². The number of fused-ring (bicyclic) bond motifs is 1. The summed E-state index contributed by atoms with van der Waals surface area (Å²) >= 11 is 2.04. The second-order valence-corrected chi connectivity index (χ2v) is 6.59. The largest absolute Gasteiger partial charge is 0.394 e. The van der Waals surface area contributed by atoms with Crippen molar-refractivity contribution in [3.63, 3.8) is 0 Å². The van der Waals surface area contributed by atoms with Crippen molar-refractivity contribution < 1.29 is 19.0 Å². The van der Waals surface area contributed by atoms with Crippen molar-refractivity contribution in [3.8, 4) is 0 Å². The molecule has 25 heavy (non-hydrogen) atoms. The lowest BCUT2D eigenvalue weighted by molar-refractivity contribution is 0.0658. The van der Waals surface area contributed by atoms with Gasteiger partial charge in [-0.1, -0.05) is 6.07 Å². The first-order chi connectivity index (χ1) is 12.1. The molecule has 0 unspecified atom stereocenters. The van der Waals surface area contributed by atoms with E-state index in [9.17, 15) is 9.18 Å². The minimum absolute atomic E-state index is 0.0712. The molecule has 0 bridgehead atoms. The van der Waals surface area contributed by atoms with Gasteiger partial charge >= 0.3 is 0 Å². The van der Waals surface area contributed by atoms with E-state index in [4.69, 9.17) is 9.84 Å². The highest BCUT2D eigenvalue weighted by Crippen LogP contribution is 2.22. The average Bonchev–Trinajstić information content (AvgIpc) is 2.96. The summed E-state index contributed by atoms with van der Waals surface area (Å²) in [5.41, 5.74) is 1.95. The Labute approximate surface area is 156 Å². The third-order valence-corrected chi connectivity index (χ3v) is 4.33. The molecule has 130 valence electrons. The molecule has 0 fully saturated rings. The van der Waals surface area contributed by atoms with E-state index < -0.39 is 0 Å². The molecule has 0 aliphatic carbocycles. The zero-order chi connectivity index (χ0) is 17.8. The molecule has 2 aromatic heterocycles. The molecule has 1 aromatic carbocycles. The van der Waals surface area contributed by atoms with Crippen LogP contribution in [0.5, 0.6) is 0 Å². The van der Waals surface area contributed by atoms with Crippen LogP contribution in [0.3, 0.4) is 0 Å². The summed E-state index contributed by atoms with van der Waals surface area (Å²) in [4.78, 5) is 16.5. The molecular weight excluding hydrogens is 440 g/mol. The first kappa shape index (κ1) is 17.9. The number of nitrogens with zero attached hydrogens (tertiary/aromatic N) is 3. The van der Waals surface area contributed by atoms with Crippen molar-refractivity contribution in [1.82, 2.24) is 14.6 Å². The summed E-state index contributed by atoms with van der Waals surface area (Å²) in [7, 11) is 0. The molecule has 8 heteroatoms. The van der Waals surface area contributed by atoms with Gasteiger partial charge in [0.05, 0.1) is 24.9 Å². The van der Waals surface area contributed by atoms with Crippen LogP contribution in [0.15, 0.2) is 36.8 Å². The smallest absolute Gasteiger partial charge is 0.208 e. The molecule has 0 aliphatic rings. The Bertz CT molecular complexity index is 913. The maximum absolute atomic E-state index is 14.2. The van der Waals surface area contributed by atoms with Gasteiger partial charge < -0.3 is 9.84 Å². The number of Topliss-reactive ketones (excluding diaryl/α,β-unsaturated/α-hetero) is 1. The summed E-state index contributed by atoms with van der Waals surface area (Å²) in [6.07, 6.45) is 5.01. The highest BCUT2D eigenvalue weighted by atomic mass is 127. The van der Waals surface area contributed by atoms with Gasteiger partial charge in [-0.05, 0) is 40.3 Å². The predicted molar refractivity (Wildman–Crippen MR) is 97.1 cm³/mol. The van der Waals surface area contributed by atoms with Gasteiger partial charge in [-0.25, -0.2) is 8.91 Å². The quantitative estimate of drug-likeness (QED) is 0.336. The molecule has 0 aliphatic heterocycles. The zero-order valence-electron chi connectivity index (χ0n) is 13.2. The van der Waals surface area contributed by atoms with Gasteiger partial charge in [0.1, 0.15) is 18.1 Å². The van der Waals surface area contributed by atoms with Crippen LogP contribution in [0, 0.1) is 9.39 Å². The van der Waals surface area contributed by atoms with Crippen LogP contribution >= 0.6 is 22.6 Å². The van der Waals surface area contributed by atoms with E-state index in [1.54, 1.807) is 29.2 Å². The normalized spacial score (nSPS) is 11.2. The zero-order valence-corrected chi connectivity index (χ0v) is 15.3. The van der Waals surface area contributed by atoms with Crippen molar-refractivity contribution in [2.45, 2.75) is 6.42 Å². The third-order valence-electron chi connectivity index (χ3n) is 3.66. The molecule has 2 heterocycles. The van der Waals surface area contributed by atoms with Gasteiger partial charge in [-0.15, -0.1) is 0 Å². The average molecular weight is 455 g/mol. The number of hydrogen-bond donors (Lipinski definition) is 1. The van der Waals surface area contributed by atoms with E-state index in [0.717, 1.165) is 3.57 Å². The van der Waals surface area contributed by atoms with Gasteiger partial charge in [-0.3, -0.25) is 9.78 Å². The van der Waals surface area contributed by atoms with E-state index in [-0.39, 0.29) is 43.5 Å². The van der Waals surface area contributed by atoms with Crippen molar-refractivity contribution in [2.24, 2.45) is 0 Å². The van der Waals surface area contributed by atoms with E-state index in [1.165, 1.54) is 6.07 Å². The van der Waals surface area contributed by atoms with Crippen LogP contribution in [0.25, 0.3) is 5.52 Å². The third kappa shape index (κ3) is 4.02. The predicted octanol–water partition coefficient (Wildman–Crippen LogP) is 2.26. The molecule has 3 aromatic rings. The molecule has 3 rings (SSSR count). The number of carbonyl (C=O) groups excluding carboxylic acids is 1. The number of aliphatic hydroxyl groups excluding tert-OH is 1. The van der Waals surface area contributed by atoms with Crippen LogP contribution in [-0.4, -0.2) is 45.3 Å². The maximum Gasteiger partial charge on any atom is 0.208 e. The SMILES string of the molecule is O=C(COCCO)c1nn2ccncc2c1Cc1ccc(I)cc1F. The monoisotopic (exact) mass is 455 g/mol. The number of hydrogen-bond acceptors (Lipinski definition) is 5. The molecular formula is C17H15FIN3O3. The van der Waals surface area contributed by atoms with E-state index >= 15 is 0 Å². The number of carbonyl (C=O) groups is 1. The number of rotatable bonds is 7. The van der Waals surface area contributed by atoms with Crippen molar-refractivity contribution in [3.05, 3.63) is 63.0 Å². The lowest BCUT2D eigenvalue weighted by Gasteiger charge is -2.06. The van der Waals surface area contributed by atoms with Gasteiger partial charge in [0.15, 0.2) is 0 Å². The minimum Gasteiger partial charge on any atom is -0.394 e. The number of benzene rings is 1. The van der Waals surface area contributed by atoms with Gasteiger partial charge in [-0.2, -0.15) is 5.10 Å². The molecule has 1 N–H and O–H groups in total. The van der Waals surface area contributed by atoms with Gasteiger partial charge in [0, 0.05) is 27.9 Å². The van der Waals surface area contributed by atoms with Crippen molar-refractivity contribution in [2.75, 3.05) is 19.8 Å². The molecule has 0 spiro atoms. The van der Waals surface area contributed by atoms with E-state index in [2.05, 4.69) is 10.1 Å². The summed E-state index contributed by atoms with van der Waals surface area (Å²) in [5, 5.41) is 13.1. The standard InChI is InChI=1S/C17H15FIN3O3/c18-14-8-12(19)2-1-11(14)7-13-15-9-20-3-4-22(15)21-17(13)16(24)10-25-6-5-23/h1-4,8-9,23H,5-7,10H2. The fourth-order valence-electron chi connectivity index (χ4n) is 2.50. The summed E-state index contributed by atoms with van der Waals surface area (Å²) < 4.78 is 21.7. The highest BCUT2D eigenvalue weighted by Gasteiger charge is 2.20. The first-order valence-electron chi connectivity index (χ1n) is 7.57. The Kier molecular flexibility index (Phi) is 5.71. The Morgan fingerprint density at radius 1 is 1.40 bits per heavy atom. The molecule has 0 saturated heterocycles. The molecule has 0 saturated carbocycles.